The molecule has 3 N–H and O–H groups in total. The molecule has 1 aromatic carbocycles. The normalized spacial score (nSPS) is 10.9. The van der Waals surface area contributed by atoms with Gasteiger partial charge in [-0.15, -0.1) is 0 Å². The van der Waals surface area contributed by atoms with Gasteiger partial charge in [0.15, 0.2) is 0 Å². The predicted molar refractivity (Wildman–Crippen MR) is 90.0 cm³/mol. The zero-order valence-corrected chi connectivity index (χ0v) is 14.6. The fourth-order valence-electron chi connectivity index (χ4n) is 1.95. The van der Waals surface area contributed by atoms with Crippen LogP contribution in [0.4, 0.5) is 0 Å². The molecule has 0 spiro atoms. The Morgan fingerprint density at radius 1 is 1.09 bits per heavy atom. The van der Waals surface area contributed by atoms with Crippen LogP contribution in [0.1, 0.15) is 51.0 Å². The van der Waals surface area contributed by atoms with Crippen molar-refractivity contribution in [1.29, 1.82) is 0 Å². The van der Waals surface area contributed by atoms with Gasteiger partial charge in [-0.2, -0.15) is 8.42 Å². The van der Waals surface area contributed by atoms with Crippen LogP contribution in [-0.2, 0) is 10.1 Å². The molecule has 0 aliphatic heterocycles. The van der Waals surface area contributed by atoms with Crippen molar-refractivity contribution in [1.82, 2.24) is 5.32 Å². The van der Waals surface area contributed by atoms with Crippen molar-refractivity contribution in [3.05, 3.63) is 23.8 Å². The quantitative estimate of drug-likeness (QED) is 0.501. The van der Waals surface area contributed by atoms with Crippen molar-refractivity contribution in [3.8, 4) is 5.75 Å². The lowest BCUT2D eigenvalue weighted by Crippen LogP contribution is -2.06. The van der Waals surface area contributed by atoms with Crippen LogP contribution in [0, 0.1) is 6.92 Å². The first-order valence-corrected chi connectivity index (χ1v) is 9.18. The van der Waals surface area contributed by atoms with Crippen LogP contribution in [0.25, 0.3) is 0 Å². The second-order valence-corrected chi connectivity index (χ2v) is 6.69. The lowest BCUT2D eigenvalue weighted by molar-refractivity contribution is 0.465. The van der Waals surface area contributed by atoms with E-state index in [4.69, 9.17) is 9.66 Å². The summed E-state index contributed by atoms with van der Waals surface area (Å²) in [6.45, 7) is 4.97. The Morgan fingerprint density at radius 3 is 2.18 bits per heavy atom. The summed E-state index contributed by atoms with van der Waals surface area (Å²) >= 11 is 0. The highest BCUT2D eigenvalue weighted by Crippen LogP contribution is 2.19. The Labute approximate surface area is 134 Å². The molecule has 0 fully saturated rings. The highest BCUT2D eigenvalue weighted by atomic mass is 32.2. The Bertz CT molecular complexity index is 507. The number of hydrogen-bond acceptors (Lipinski definition) is 4. The summed E-state index contributed by atoms with van der Waals surface area (Å²) in [4.78, 5) is -0.262. The van der Waals surface area contributed by atoms with E-state index >= 15 is 0 Å². The third-order valence-corrected chi connectivity index (χ3v) is 4.23. The number of rotatable bonds is 8. The molecule has 5 nitrogen and oxygen atoms in total. The maximum atomic E-state index is 10.7. The number of aromatic hydroxyl groups is 1. The molecule has 0 aromatic heterocycles. The smallest absolute Gasteiger partial charge is 0.294 e. The molecule has 0 aliphatic rings. The molecule has 0 atom stereocenters. The van der Waals surface area contributed by atoms with Gasteiger partial charge in [-0.25, -0.2) is 0 Å². The Kier molecular flexibility index (Phi) is 10.9. The van der Waals surface area contributed by atoms with E-state index in [0.29, 0.717) is 5.56 Å². The standard InChI is InChI=1S/C9H21N.C7H8O4S/c1-3-4-5-6-7-8-9-10-2;1-5-2-3-6(8)4-7(5)12(9,10)11/h10H,3-9H2,1-2H3;2-4,8H,1H3,(H,9,10,11). The van der Waals surface area contributed by atoms with Crippen molar-refractivity contribution in [2.75, 3.05) is 13.6 Å². The van der Waals surface area contributed by atoms with Crippen LogP contribution in [-0.4, -0.2) is 31.7 Å². The van der Waals surface area contributed by atoms with E-state index in [1.807, 2.05) is 7.05 Å². The van der Waals surface area contributed by atoms with Crippen LogP contribution < -0.4 is 5.32 Å². The third kappa shape index (κ3) is 9.76. The zero-order chi connectivity index (χ0) is 17.0. The average molecular weight is 331 g/mol. The molecule has 0 amide bonds. The van der Waals surface area contributed by atoms with Gasteiger partial charge in [-0.3, -0.25) is 4.55 Å². The van der Waals surface area contributed by atoms with Gasteiger partial charge < -0.3 is 10.4 Å². The molecule has 0 saturated carbocycles. The second-order valence-electron chi connectivity index (χ2n) is 5.30. The highest BCUT2D eigenvalue weighted by molar-refractivity contribution is 7.85. The monoisotopic (exact) mass is 331 g/mol. The van der Waals surface area contributed by atoms with Gasteiger partial charge in [0.1, 0.15) is 10.6 Å². The Balaban J connectivity index is 0.000000409. The van der Waals surface area contributed by atoms with Crippen molar-refractivity contribution < 1.29 is 18.1 Å². The minimum atomic E-state index is -4.22. The molecule has 128 valence electrons. The molecular formula is C16H29NO4S. The first-order chi connectivity index (χ1) is 10.3. The summed E-state index contributed by atoms with van der Waals surface area (Å²) in [5, 5.41) is 12.1. The highest BCUT2D eigenvalue weighted by Gasteiger charge is 2.12. The number of hydrogen-bond donors (Lipinski definition) is 3. The van der Waals surface area contributed by atoms with Crippen LogP contribution in [0.3, 0.4) is 0 Å². The van der Waals surface area contributed by atoms with E-state index in [1.54, 1.807) is 0 Å². The van der Waals surface area contributed by atoms with Gasteiger partial charge >= 0.3 is 0 Å². The van der Waals surface area contributed by atoms with Gasteiger partial charge in [0.25, 0.3) is 10.1 Å². The SMILES string of the molecule is CCCCCCCCNC.Cc1ccc(O)cc1S(=O)(=O)O. The second kappa shape index (κ2) is 11.5. The topological polar surface area (TPSA) is 86.6 Å². The third-order valence-electron chi connectivity index (χ3n) is 3.23. The molecule has 0 heterocycles. The molecule has 0 radical (unpaired) electrons. The van der Waals surface area contributed by atoms with E-state index < -0.39 is 10.1 Å². The molecular weight excluding hydrogens is 302 g/mol. The predicted octanol–water partition coefficient (Wildman–Crippen LogP) is 3.51. The van der Waals surface area contributed by atoms with E-state index in [9.17, 15) is 8.42 Å². The Morgan fingerprint density at radius 2 is 1.68 bits per heavy atom. The number of benzene rings is 1. The summed E-state index contributed by atoms with van der Waals surface area (Å²) in [7, 11) is -2.20. The molecule has 1 rings (SSSR count). The number of aryl methyl sites for hydroxylation is 1. The molecule has 0 saturated heterocycles. The lowest BCUT2D eigenvalue weighted by atomic mass is 10.1. The zero-order valence-electron chi connectivity index (χ0n) is 13.8. The first kappa shape index (κ1) is 20.9. The molecule has 6 heteroatoms. The van der Waals surface area contributed by atoms with Gasteiger partial charge in [-0.1, -0.05) is 45.1 Å². The molecule has 0 bridgehead atoms. The van der Waals surface area contributed by atoms with Crippen molar-refractivity contribution in [2.24, 2.45) is 0 Å². The number of phenols is 1. The summed E-state index contributed by atoms with van der Waals surface area (Å²) < 4.78 is 30.0. The van der Waals surface area contributed by atoms with Gasteiger partial charge in [0.05, 0.1) is 0 Å². The van der Waals surface area contributed by atoms with Crippen LogP contribution in [0.5, 0.6) is 5.75 Å². The van der Waals surface area contributed by atoms with Crippen molar-refractivity contribution in [3.63, 3.8) is 0 Å². The molecule has 0 unspecified atom stereocenters. The van der Waals surface area contributed by atoms with Gasteiger partial charge in [0.2, 0.25) is 0 Å². The van der Waals surface area contributed by atoms with E-state index in [-0.39, 0.29) is 10.6 Å². The fraction of sp³-hybridized carbons (Fsp3) is 0.625. The lowest BCUT2D eigenvalue weighted by Gasteiger charge is -2.01. The largest absolute Gasteiger partial charge is 0.508 e. The summed E-state index contributed by atoms with van der Waals surface area (Å²) in [5.74, 6) is -0.187. The molecule has 0 aliphatic carbocycles. The molecule has 22 heavy (non-hydrogen) atoms. The fourth-order valence-corrected chi connectivity index (χ4v) is 2.69. The van der Waals surface area contributed by atoms with Crippen molar-refractivity contribution in [2.45, 2.75) is 57.3 Å². The summed E-state index contributed by atoms with van der Waals surface area (Å²) in [6.07, 6.45) is 8.38. The number of nitrogens with one attached hydrogen (secondary N) is 1. The van der Waals surface area contributed by atoms with E-state index in [2.05, 4.69) is 12.2 Å². The summed E-state index contributed by atoms with van der Waals surface area (Å²) in [5.41, 5.74) is 0.398. The van der Waals surface area contributed by atoms with Gasteiger partial charge in [-0.05, 0) is 38.6 Å². The number of unbranched alkanes of at least 4 members (excludes halogenated alkanes) is 5. The maximum Gasteiger partial charge on any atom is 0.294 e. The summed E-state index contributed by atoms with van der Waals surface area (Å²) in [6, 6.07) is 3.77. The minimum Gasteiger partial charge on any atom is -0.508 e. The molecule has 1 aromatic rings. The van der Waals surface area contributed by atoms with Crippen molar-refractivity contribution >= 4 is 10.1 Å². The first-order valence-electron chi connectivity index (χ1n) is 7.74. The van der Waals surface area contributed by atoms with Crippen LogP contribution >= 0.6 is 0 Å². The number of phenolic OH excluding ortho intramolecular Hbond substituents is 1. The average Bonchev–Trinajstić information content (AvgIpc) is 2.45. The minimum absolute atomic E-state index is 0.187. The van der Waals surface area contributed by atoms with Gasteiger partial charge in [0, 0.05) is 6.07 Å². The van der Waals surface area contributed by atoms with E-state index in [1.165, 1.54) is 64.1 Å². The Hall–Kier alpha value is -1.11. The maximum absolute atomic E-state index is 10.7. The van der Waals surface area contributed by atoms with Crippen LogP contribution in [0.15, 0.2) is 23.1 Å². The van der Waals surface area contributed by atoms with Crippen LogP contribution in [0.2, 0.25) is 0 Å². The van der Waals surface area contributed by atoms with E-state index in [0.717, 1.165) is 6.07 Å².